The van der Waals surface area contributed by atoms with Crippen LogP contribution in [0.2, 0.25) is 0 Å². The van der Waals surface area contributed by atoms with E-state index in [2.05, 4.69) is 67.8 Å². The fourth-order valence-corrected chi connectivity index (χ4v) is 14.4. The molecule has 3 aliphatic heterocycles. The van der Waals surface area contributed by atoms with Crippen LogP contribution in [0.1, 0.15) is 348 Å². The Morgan fingerprint density at radius 2 is 0.670 bits per heavy atom. The Hall–Kier alpha value is -2.25. The summed E-state index contributed by atoms with van der Waals surface area (Å²) in [6.07, 6.45) is 54.9. The van der Waals surface area contributed by atoms with Gasteiger partial charge in [0, 0.05) is 6.42 Å². The topological polar surface area (TPSA) is 307 Å². The fourth-order valence-electron chi connectivity index (χ4n) is 14.4. The highest BCUT2D eigenvalue weighted by atomic mass is 16.8. The SMILES string of the molecule is CC/C=C\C/C=C\C/C=C\C/C=C\CCCCCCCCCCCCCCCCC(=O)NC(COC1OC(CO)C(OC2OC(CO)C(OC3OC(CO)C(O)C(O)C3O)C(O)C2O)C(O)C1O)C(O)CCCCCCCCCCCCCCCCCCCCCCCCCCCCCCCCC. The van der Waals surface area contributed by atoms with E-state index in [9.17, 15) is 61.0 Å². The summed E-state index contributed by atoms with van der Waals surface area (Å²) in [6, 6.07) is -0.891. The summed E-state index contributed by atoms with van der Waals surface area (Å²) in [5.74, 6) is -0.239. The van der Waals surface area contributed by atoms with Crippen LogP contribution in [0.3, 0.4) is 0 Å². The number of nitrogens with one attached hydrogen (secondary N) is 1. The first-order valence-electron chi connectivity index (χ1n) is 42.4. The largest absolute Gasteiger partial charge is 0.394 e. The van der Waals surface area contributed by atoms with Crippen molar-refractivity contribution in [1.82, 2.24) is 5.32 Å². The van der Waals surface area contributed by atoms with Crippen LogP contribution in [0.25, 0.3) is 0 Å². The molecule has 0 radical (unpaired) electrons. The van der Waals surface area contributed by atoms with Crippen LogP contribution in [-0.4, -0.2) is 193 Å². The van der Waals surface area contributed by atoms with E-state index in [4.69, 9.17) is 28.4 Å². The lowest BCUT2D eigenvalue weighted by molar-refractivity contribution is -0.379. The molecule has 0 aromatic carbocycles. The van der Waals surface area contributed by atoms with Gasteiger partial charge in [-0.25, -0.2) is 0 Å². The maximum Gasteiger partial charge on any atom is 0.220 e. The molecular formula is C84H155NO18. The Morgan fingerprint density at radius 1 is 0.359 bits per heavy atom. The summed E-state index contributed by atoms with van der Waals surface area (Å²) >= 11 is 0. The summed E-state index contributed by atoms with van der Waals surface area (Å²) < 4.78 is 34.6. The zero-order valence-electron chi connectivity index (χ0n) is 64.8. The summed E-state index contributed by atoms with van der Waals surface area (Å²) in [6.45, 7) is 1.74. The van der Waals surface area contributed by atoms with Crippen molar-refractivity contribution in [3.63, 3.8) is 0 Å². The van der Waals surface area contributed by atoms with Gasteiger partial charge in [-0.15, -0.1) is 0 Å². The highest BCUT2D eigenvalue weighted by molar-refractivity contribution is 5.76. The molecule has 3 fully saturated rings. The molecule has 0 aromatic rings. The van der Waals surface area contributed by atoms with Crippen LogP contribution in [0.5, 0.6) is 0 Å². The molecule has 0 saturated carbocycles. The Kier molecular flexibility index (Phi) is 59.5. The van der Waals surface area contributed by atoms with Gasteiger partial charge in [0.25, 0.3) is 0 Å². The predicted octanol–water partition coefficient (Wildman–Crippen LogP) is 14.8. The van der Waals surface area contributed by atoms with Crippen molar-refractivity contribution in [2.45, 2.75) is 452 Å². The Balaban J connectivity index is 1.35. The average Bonchev–Trinajstić information content (AvgIpc) is 0.781. The third-order valence-electron chi connectivity index (χ3n) is 21.2. The lowest BCUT2D eigenvalue weighted by Crippen LogP contribution is -2.66. The number of rotatable bonds is 68. The molecule has 17 unspecified atom stereocenters. The summed E-state index contributed by atoms with van der Waals surface area (Å²) in [4.78, 5) is 13.5. The van der Waals surface area contributed by atoms with Crippen molar-refractivity contribution in [3.05, 3.63) is 48.6 Å². The van der Waals surface area contributed by atoms with E-state index in [0.717, 1.165) is 70.6 Å². The minimum absolute atomic E-state index is 0.239. The van der Waals surface area contributed by atoms with Crippen molar-refractivity contribution in [2.75, 3.05) is 26.4 Å². The predicted molar refractivity (Wildman–Crippen MR) is 411 cm³/mol. The molecule has 19 nitrogen and oxygen atoms in total. The second-order valence-corrected chi connectivity index (χ2v) is 30.3. The normalized spacial score (nSPS) is 26.2. The average molecular weight is 1470 g/mol. The molecule has 0 aliphatic carbocycles. The molecule has 3 saturated heterocycles. The zero-order chi connectivity index (χ0) is 74.6. The maximum atomic E-state index is 13.5. The monoisotopic (exact) mass is 1470 g/mol. The van der Waals surface area contributed by atoms with E-state index in [1.165, 1.54) is 244 Å². The van der Waals surface area contributed by atoms with Crippen LogP contribution in [-0.2, 0) is 33.2 Å². The maximum absolute atomic E-state index is 13.5. The van der Waals surface area contributed by atoms with Gasteiger partial charge in [0.2, 0.25) is 5.91 Å². The number of carbonyl (C=O) groups is 1. The van der Waals surface area contributed by atoms with Crippen LogP contribution in [0.15, 0.2) is 48.6 Å². The Morgan fingerprint density at radius 3 is 1.05 bits per heavy atom. The smallest absolute Gasteiger partial charge is 0.220 e. The number of amides is 1. The highest BCUT2D eigenvalue weighted by Gasteiger charge is 2.54. The first-order valence-corrected chi connectivity index (χ1v) is 42.4. The molecule has 19 heteroatoms. The Labute approximate surface area is 624 Å². The molecule has 3 rings (SSSR count). The molecule has 0 aromatic heterocycles. The third kappa shape index (κ3) is 44.3. The van der Waals surface area contributed by atoms with Crippen molar-refractivity contribution >= 4 is 5.91 Å². The van der Waals surface area contributed by atoms with Crippen molar-refractivity contribution in [2.24, 2.45) is 0 Å². The van der Waals surface area contributed by atoms with Crippen molar-refractivity contribution in [3.8, 4) is 0 Å². The number of aliphatic hydroxyl groups is 11. The lowest BCUT2D eigenvalue weighted by Gasteiger charge is -2.48. The van der Waals surface area contributed by atoms with E-state index in [0.29, 0.717) is 12.8 Å². The number of aliphatic hydroxyl groups excluding tert-OH is 11. The highest BCUT2D eigenvalue weighted by Crippen LogP contribution is 2.33. The van der Waals surface area contributed by atoms with Crippen LogP contribution in [0.4, 0.5) is 0 Å². The number of allylic oxidation sites excluding steroid dienone is 8. The number of unbranched alkanes of at least 4 members (excludes halogenated alkanes) is 44. The van der Waals surface area contributed by atoms with Crippen molar-refractivity contribution < 1.29 is 89.4 Å². The van der Waals surface area contributed by atoms with Gasteiger partial charge in [0.05, 0.1) is 38.6 Å². The number of hydrogen-bond acceptors (Lipinski definition) is 18. The summed E-state index contributed by atoms with van der Waals surface area (Å²) in [7, 11) is 0. The molecule has 0 bridgehead atoms. The molecular weight excluding hydrogens is 1310 g/mol. The van der Waals surface area contributed by atoms with Gasteiger partial charge in [-0.3, -0.25) is 4.79 Å². The number of carbonyl (C=O) groups excluding carboxylic acids is 1. The molecule has 3 aliphatic rings. The Bertz CT molecular complexity index is 2050. The van der Waals surface area contributed by atoms with E-state index in [1.807, 2.05) is 0 Å². The van der Waals surface area contributed by atoms with Crippen LogP contribution < -0.4 is 5.32 Å². The van der Waals surface area contributed by atoms with E-state index in [1.54, 1.807) is 0 Å². The first-order chi connectivity index (χ1) is 50.3. The van der Waals surface area contributed by atoms with Crippen LogP contribution in [0, 0.1) is 0 Å². The van der Waals surface area contributed by atoms with Crippen molar-refractivity contribution in [1.29, 1.82) is 0 Å². The minimum atomic E-state index is -1.97. The van der Waals surface area contributed by atoms with Gasteiger partial charge in [-0.2, -0.15) is 0 Å². The lowest BCUT2D eigenvalue weighted by atomic mass is 9.96. The quantitative estimate of drug-likeness (QED) is 0.0199. The number of hydrogen-bond donors (Lipinski definition) is 12. The minimum Gasteiger partial charge on any atom is -0.394 e. The van der Waals surface area contributed by atoms with Gasteiger partial charge in [0.1, 0.15) is 73.2 Å². The standard InChI is InChI=1S/C84H155NO18/c1-3-5-7-9-11-13-15-17-19-21-23-25-27-29-31-32-33-34-36-37-39-41-43-45-47-49-51-53-55-57-59-61-68(89)67(85-72(90)62-60-58-56-54-52-50-48-46-44-42-40-38-35-30-28-26-24-22-20-18-16-14-12-10-8-6-4-2)66-98-82-78(96)75(93)80(70(64-87)100-82)103-84-79(97)76(94)81(71(65-88)101-84)102-83-77(95)74(92)73(91)69(63-86)99-83/h6,8,12,14,18,20,24,26,67-71,73-84,86-89,91-97H,3-5,7,9-11,13,15-17,19,21-23,25,27-66H2,1-2H3,(H,85,90)/b8-6-,14-12-,20-18-,26-24-. The second-order valence-electron chi connectivity index (χ2n) is 30.3. The molecule has 17 atom stereocenters. The fraction of sp³-hybridized carbons (Fsp3) is 0.893. The third-order valence-corrected chi connectivity index (χ3v) is 21.2. The summed E-state index contributed by atoms with van der Waals surface area (Å²) in [5.41, 5.74) is 0. The molecule has 12 N–H and O–H groups in total. The van der Waals surface area contributed by atoms with E-state index < -0.39 is 124 Å². The second kappa shape index (κ2) is 64.6. The van der Waals surface area contributed by atoms with E-state index >= 15 is 0 Å². The van der Waals surface area contributed by atoms with Gasteiger partial charge in [-0.1, -0.05) is 339 Å². The van der Waals surface area contributed by atoms with Gasteiger partial charge in [-0.05, 0) is 51.4 Å². The van der Waals surface area contributed by atoms with Gasteiger partial charge >= 0.3 is 0 Å². The zero-order valence-corrected chi connectivity index (χ0v) is 64.8. The molecule has 1 amide bonds. The van der Waals surface area contributed by atoms with Gasteiger partial charge in [0.15, 0.2) is 18.9 Å². The molecule has 604 valence electrons. The summed E-state index contributed by atoms with van der Waals surface area (Å²) in [5, 5.41) is 121. The molecule has 103 heavy (non-hydrogen) atoms. The molecule has 0 spiro atoms. The van der Waals surface area contributed by atoms with Crippen LogP contribution >= 0.6 is 0 Å². The van der Waals surface area contributed by atoms with E-state index in [-0.39, 0.29) is 18.9 Å². The first kappa shape index (κ1) is 95.0. The number of ether oxygens (including phenoxy) is 6. The molecule has 3 heterocycles. The van der Waals surface area contributed by atoms with Gasteiger partial charge < -0.3 is 89.9 Å².